The molecule has 2 rings (SSSR count). The summed E-state index contributed by atoms with van der Waals surface area (Å²) in [6.07, 6.45) is 0. The van der Waals surface area contributed by atoms with Crippen LogP contribution < -0.4 is 15.8 Å². The minimum absolute atomic E-state index is 0.316. The first-order valence-corrected chi connectivity index (χ1v) is 6.96. The van der Waals surface area contributed by atoms with Crippen molar-refractivity contribution in [2.75, 3.05) is 7.11 Å². The van der Waals surface area contributed by atoms with Gasteiger partial charge in [0.1, 0.15) is 17.6 Å². The smallest absolute Gasteiger partial charge is 0.239 e. The summed E-state index contributed by atoms with van der Waals surface area (Å²) in [4.78, 5) is 11.7. The Morgan fingerprint density at radius 3 is 2.50 bits per heavy atom. The monoisotopic (exact) mass is 302 g/mol. The second-order valence-electron chi connectivity index (χ2n) is 5.02. The molecule has 4 nitrogen and oxygen atoms in total. The van der Waals surface area contributed by atoms with Gasteiger partial charge in [-0.1, -0.05) is 30.3 Å². The molecule has 2 aromatic carbocycles. The number of halogens is 1. The van der Waals surface area contributed by atoms with Crippen LogP contribution in [0.15, 0.2) is 48.5 Å². The molecule has 0 saturated carbocycles. The lowest BCUT2D eigenvalue weighted by Crippen LogP contribution is -2.35. The van der Waals surface area contributed by atoms with Gasteiger partial charge >= 0.3 is 0 Å². The van der Waals surface area contributed by atoms with E-state index in [1.165, 1.54) is 19.2 Å². The first-order valence-electron chi connectivity index (χ1n) is 6.96. The SMILES string of the molecule is COc1ccc(F)cc1[C@@H](C)N[C@H](C(N)=O)c1ccccc1. The maximum atomic E-state index is 13.5. The summed E-state index contributed by atoms with van der Waals surface area (Å²) in [5.74, 6) is -0.300. The average molecular weight is 302 g/mol. The highest BCUT2D eigenvalue weighted by atomic mass is 19.1. The van der Waals surface area contributed by atoms with Gasteiger partial charge in [0.2, 0.25) is 5.91 Å². The zero-order valence-corrected chi connectivity index (χ0v) is 12.5. The summed E-state index contributed by atoms with van der Waals surface area (Å²) in [7, 11) is 1.52. The highest BCUT2D eigenvalue weighted by Crippen LogP contribution is 2.28. The van der Waals surface area contributed by atoms with Gasteiger partial charge in [0.25, 0.3) is 0 Å². The Labute approximate surface area is 129 Å². The third-order valence-electron chi connectivity index (χ3n) is 3.49. The van der Waals surface area contributed by atoms with Gasteiger partial charge in [-0.2, -0.15) is 0 Å². The van der Waals surface area contributed by atoms with Gasteiger partial charge in [0.05, 0.1) is 7.11 Å². The number of nitrogens with two attached hydrogens (primary N) is 1. The Balaban J connectivity index is 2.27. The van der Waals surface area contributed by atoms with Crippen molar-refractivity contribution in [1.29, 1.82) is 0 Å². The molecule has 3 N–H and O–H groups in total. The second kappa shape index (κ2) is 7.04. The summed E-state index contributed by atoms with van der Waals surface area (Å²) in [6, 6.07) is 12.5. The predicted octanol–water partition coefficient (Wildman–Crippen LogP) is 2.71. The van der Waals surface area contributed by atoms with E-state index in [-0.39, 0.29) is 11.9 Å². The zero-order chi connectivity index (χ0) is 16.1. The molecule has 0 radical (unpaired) electrons. The molecule has 0 aliphatic rings. The molecule has 2 aromatic rings. The number of carbonyl (C=O) groups excluding carboxylic acids is 1. The van der Waals surface area contributed by atoms with Crippen molar-refractivity contribution in [3.05, 3.63) is 65.5 Å². The molecule has 0 spiro atoms. The van der Waals surface area contributed by atoms with Gasteiger partial charge in [-0.25, -0.2) is 4.39 Å². The van der Waals surface area contributed by atoms with Gasteiger partial charge in [0, 0.05) is 11.6 Å². The van der Waals surface area contributed by atoms with Crippen LogP contribution >= 0.6 is 0 Å². The van der Waals surface area contributed by atoms with Gasteiger partial charge in [-0.15, -0.1) is 0 Å². The van der Waals surface area contributed by atoms with E-state index in [0.717, 1.165) is 5.56 Å². The minimum atomic E-state index is -0.663. The summed E-state index contributed by atoms with van der Waals surface area (Å²) in [6.45, 7) is 1.83. The molecule has 0 saturated heterocycles. The number of rotatable bonds is 6. The molecule has 5 heteroatoms. The number of primary amides is 1. The molecule has 0 heterocycles. The molecule has 116 valence electrons. The number of hydrogen-bond donors (Lipinski definition) is 2. The largest absolute Gasteiger partial charge is 0.496 e. The number of hydrogen-bond acceptors (Lipinski definition) is 3. The van der Waals surface area contributed by atoms with Gasteiger partial charge in [0.15, 0.2) is 0 Å². The first-order chi connectivity index (χ1) is 10.5. The number of benzene rings is 2. The Morgan fingerprint density at radius 1 is 1.23 bits per heavy atom. The van der Waals surface area contributed by atoms with Crippen LogP contribution in [0.1, 0.15) is 30.1 Å². The Kier molecular flexibility index (Phi) is 5.12. The van der Waals surface area contributed by atoms with E-state index in [2.05, 4.69) is 5.32 Å². The molecule has 0 fully saturated rings. The first kappa shape index (κ1) is 16.0. The van der Waals surface area contributed by atoms with Crippen LogP contribution in [0.4, 0.5) is 4.39 Å². The quantitative estimate of drug-likeness (QED) is 0.862. The van der Waals surface area contributed by atoms with Crippen LogP contribution in [0.2, 0.25) is 0 Å². The zero-order valence-electron chi connectivity index (χ0n) is 12.5. The summed E-state index contributed by atoms with van der Waals surface area (Å²) in [5, 5.41) is 3.13. The van der Waals surface area contributed by atoms with Crippen molar-refractivity contribution < 1.29 is 13.9 Å². The fourth-order valence-electron chi connectivity index (χ4n) is 2.37. The summed E-state index contributed by atoms with van der Waals surface area (Å²) >= 11 is 0. The van der Waals surface area contributed by atoms with E-state index in [1.54, 1.807) is 6.07 Å². The maximum Gasteiger partial charge on any atom is 0.239 e. The molecule has 0 aliphatic heterocycles. The number of ether oxygens (including phenoxy) is 1. The van der Waals surface area contributed by atoms with Crippen LogP contribution in [0.5, 0.6) is 5.75 Å². The van der Waals surface area contributed by atoms with E-state index in [4.69, 9.17) is 10.5 Å². The molecule has 0 bridgehead atoms. The van der Waals surface area contributed by atoms with Crippen LogP contribution in [0, 0.1) is 5.82 Å². The van der Waals surface area contributed by atoms with Crippen LogP contribution in [0.3, 0.4) is 0 Å². The average Bonchev–Trinajstić information content (AvgIpc) is 2.52. The van der Waals surface area contributed by atoms with E-state index < -0.39 is 11.9 Å². The topological polar surface area (TPSA) is 64.3 Å². The van der Waals surface area contributed by atoms with Crippen LogP contribution in [-0.4, -0.2) is 13.0 Å². The summed E-state index contributed by atoms with van der Waals surface area (Å²) in [5.41, 5.74) is 6.88. The molecule has 0 aromatic heterocycles. The predicted molar refractivity (Wildman–Crippen MR) is 82.9 cm³/mol. The Morgan fingerprint density at radius 2 is 1.91 bits per heavy atom. The van der Waals surface area contributed by atoms with Gasteiger partial charge in [-0.05, 0) is 30.7 Å². The number of nitrogens with one attached hydrogen (secondary N) is 1. The molecule has 0 aliphatic carbocycles. The lowest BCUT2D eigenvalue weighted by atomic mass is 10.0. The Bertz CT molecular complexity index is 646. The third kappa shape index (κ3) is 3.62. The molecule has 2 atom stereocenters. The molecule has 22 heavy (non-hydrogen) atoms. The standard InChI is InChI=1S/C17H19FN2O2/c1-11(14-10-13(18)8-9-15(14)22-2)20-16(17(19)21)12-6-4-3-5-7-12/h3-11,16,20H,1-2H3,(H2,19,21)/t11-,16+/m1/s1. The fourth-order valence-corrected chi connectivity index (χ4v) is 2.37. The van der Waals surface area contributed by atoms with E-state index in [1.807, 2.05) is 37.3 Å². The van der Waals surface area contributed by atoms with Crippen molar-refractivity contribution in [2.45, 2.75) is 19.0 Å². The number of carbonyl (C=O) groups is 1. The van der Waals surface area contributed by atoms with Crippen LogP contribution in [-0.2, 0) is 4.79 Å². The van der Waals surface area contributed by atoms with Crippen molar-refractivity contribution >= 4 is 5.91 Å². The normalized spacial score (nSPS) is 13.4. The van der Waals surface area contributed by atoms with E-state index >= 15 is 0 Å². The fraction of sp³-hybridized carbons (Fsp3) is 0.235. The lowest BCUT2D eigenvalue weighted by molar-refractivity contribution is -0.120. The maximum absolute atomic E-state index is 13.5. The van der Waals surface area contributed by atoms with Crippen LogP contribution in [0.25, 0.3) is 0 Å². The molecular formula is C17H19FN2O2. The number of amides is 1. The van der Waals surface area contributed by atoms with Crippen molar-refractivity contribution in [3.8, 4) is 5.75 Å². The minimum Gasteiger partial charge on any atom is -0.496 e. The molecular weight excluding hydrogens is 283 g/mol. The van der Waals surface area contributed by atoms with Gasteiger partial charge < -0.3 is 10.5 Å². The highest BCUT2D eigenvalue weighted by molar-refractivity contribution is 5.81. The van der Waals surface area contributed by atoms with Crippen molar-refractivity contribution in [3.63, 3.8) is 0 Å². The number of methoxy groups -OCH3 is 1. The van der Waals surface area contributed by atoms with Crippen molar-refractivity contribution in [1.82, 2.24) is 5.32 Å². The lowest BCUT2D eigenvalue weighted by Gasteiger charge is -2.23. The molecule has 0 unspecified atom stereocenters. The van der Waals surface area contributed by atoms with E-state index in [0.29, 0.717) is 11.3 Å². The third-order valence-corrected chi connectivity index (χ3v) is 3.49. The highest BCUT2D eigenvalue weighted by Gasteiger charge is 2.22. The van der Waals surface area contributed by atoms with Crippen molar-refractivity contribution in [2.24, 2.45) is 5.73 Å². The van der Waals surface area contributed by atoms with E-state index in [9.17, 15) is 9.18 Å². The second-order valence-corrected chi connectivity index (χ2v) is 5.02. The molecule has 1 amide bonds. The van der Waals surface area contributed by atoms with Gasteiger partial charge in [-0.3, -0.25) is 10.1 Å². The Hall–Kier alpha value is -2.40. The summed E-state index contributed by atoms with van der Waals surface area (Å²) < 4.78 is 18.7.